The van der Waals surface area contributed by atoms with E-state index in [9.17, 15) is 8.42 Å². The van der Waals surface area contributed by atoms with Crippen LogP contribution in [0.4, 0.5) is 0 Å². The van der Waals surface area contributed by atoms with Gasteiger partial charge in [0.1, 0.15) is 0 Å². The molecule has 1 aromatic carbocycles. The highest BCUT2D eigenvalue weighted by molar-refractivity contribution is 7.90. The van der Waals surface area contributed by atoms with Crippen LogP contribution in [0.1, 0.15) is 25.3 Å². The molecular weight excluding hydrogens is 272 g/mol. The highest BCUT2D eigenvalue weighted by Gasteiger charge is 2.17. The van der Waals surface area contributed by atoms with Crippen molar-refractivity contribution in [2.24, 2.45) is 5.73 Å². The van der Waals surface area contributed by atoms with Crippen molar-refractivity contribution in [1.29, 1.82) is 0 Å². The van der Waals surface area contributed by atoms with E-state index >= 15 is 0 Å². The quantitative estimate of drug-likeness (QED) is 0.886. The lowest BCUT2D eigenvalue weighted by Crippen LogP contribution is -2.30. The zero-order chi connectivity index (χ0) is 14.6. The summed E-state index contributed by atoms with van der Waals surface area (Å²) in [6.07, 6.45) is 3.26. The number of aromatic nitrogens is 1. The fourth-order valence-electron chi connectivity index (χ4n) is 2.29. The molecule has 4 nitrogen and oxygen atoms in total. The summed E-state index contributed by atoms with van der Waals surface area (Å²) in [5.74, 6) is 0.0376. The van der Waals surface area contributed by atoms with Gasteiger partial charge in [-0.25, -0.2) is 8.42 Å². The van der Waals surface area contributed by atoms with Gasteiger partial charge in [0.05, 0.1) is 17.0 Å². The van der Waals surface area contributed by atoms with Crippen LogP contribution in [0.5, 0.6) is 0 Å². The molecule has 0 aliphatic rings. The van der Waals surface area contributed by atoms with E-state index in [0.717, 1.165) is 23.7 Å². The molecule has 0 aliphatic heterocycles. The maximum Gasteiger partial charge on any atom is 0.156 e. The molecule has 2 rings (SSSR count). The molecule has 1 atom stereocenters. The van der Waals surface area contributed by atoms with Crippen molar-refractivity contribution >= 4 is 20.7 Å². The number of hydrogen-bond acceptors (Lipinski definition) is 4. The maximum absolute atomic E-state index is 12.1. The van der Waals surface area contributed by atoms with Crippen molar-refractivity contribution in [3.63, 3.8) is 0 Å². The first-order chi connectivity index (χ1) is 9.50. The number of nitrogens with zero attached hydrogens (tertiary/aromatic N) is 1. The van der Waals surface area contributed by atoms with E-state index in [0.29, 0.717) is 5.56 Å². The summed E-state index contributed by atoms with van der Waals surface area (Å²) in [5.41, 5.74) is 7.41. The molecule has 0 unspecified atom stereocenters. The molecule has 0 radical (unpaired) electrons. The summed E-state index contributed by atoms with van der Waals surface area (Å²) in [6.45, 7) is 2.00. The van der Waals surface area contributed by atoms with Crippen molar-refractivity contribution in [2.45, 2.75) is 31.6 Å². The molecule has 20 heavy (non-hydrogen) atoms. The fraction of sp³-hybridized carbons (Fsp3) is 0.400. The molecule has 0 spiro atoms. The lowest BCUT2D eigenvalue weighted by molar-refractivity contribution is 0.576. The SMILES string of the molecule is CCC[C@H](N)CS(=O)(=O)Cc1cnc2ccccc2c1. The Hall–Kier alpha value is -1.46. The molecule has 2 aromatic rings. The fourth-order valence-corrected chi connectivity index (χ4v) is 3.89. The van der Waals surface area contributed by atoms with Gasteiger partial charge in [0.25, 0.3) is 0 Å². The minimum atomic E-state index is -3.19. The number of benzene rings is 1. The topological polar surface area (TPSA) is 73.1 Å². The molecule has 5 heteroatoms. The van der Waals surface area contributed by atoms with E-state index in [1.165, 1.54) is 0 Å². The Morgan fingerprint density at radius 1 is 1.30 bits per heavy atom. The van der Waals surface area contributed by atoms with Crippen molar-refractivity contribution < 1.29 is 8.42 Å². The summed E-state index contributed by atoms with van der Waals surface area (Å²) in [5, 5.41) is 0.957. The molecule has 0 saturated heterocycles. The largest absolute Gasteiger partial charge is 0.327 e. The number of pyridine rings is 1. The third kappa shape index (κ3) is 4.02. The summed E-state index contributed by atoms with van der Waals surface area (Å²) < 4.78 is 24.2. The molecule has 2 N–H and O–H groups in total. The Kier molecular flexibility index (Phi) is 4.73. The van der Waals surface area contributed by atoms with Gasteiger partial charge >= 0.3 is 0 Å². The monoisotopic (exact) mass is 292 g/mol. The normalized spacial score (nSPS) is 13.5. The zero-order valence-electron chi connectivity index (χ0n) is 11.6. The first-order valence-electron chi connectivity index (χ1n) is 6.80. The predicted molar refractivity (Wildman–Crippen MR) is 82.1 cm³/mol. The highest BCUT2D eigenvalue weighted by Crippen LogP contribution is 2.15. The molecule has 0 saturated carbocycles. The lowest BCUT2D eigenvalue weighted by Gasteiger charge is -2.11. The Labute approximate surface area is 119 Å². The van der Waals surface area contributed by atoms with Gasteiger partial charge in [0, 0.05) is 17.6 Å². The van der Waals surface area contributed by atoms with Crippen molar-refractivity contribution in [3.8, 4) is 0 Å². The van der Waals surface area contributed by atoms with Crippen LogP contribution in [0.15, 0.2) is 36.5 Å². The highest BCUT2D eigenvalue weighted by atomic mass is 32.2. The van der Waals surface area contributed by atoms with Crippen LogP contribution in [0.25, 0.3) is 10.9 Å². The molecule has 1 aromatic heterocycles. The Morgan fingerprint density at radius 3 is 2.80 bits per heavy atom. The number of hydrogen-bond donors (Lipinski definition) is 1. The van der Waals surface area contributed by atoms with Gasteiger partial charge in [-0.3, -0.25) is 4.98 Å². The molecular formula is C15H20N2O2S. The number of nitrogens with two attached hydrogens (primary N) is 1. The summed E-state index contributed by atoms with van der Waals surface area (Å²) in [4.78, 5) is 4.29. The molecule has 0 amide bonds. The van der Waals surface area contributed by atoms with Gasteiger partial charge in [-0.15, -0.1) is 0 Å². The molecule has 1 heterocycles. The zero-order valence-corrected chi connectivity index (χ0v) is 12.4. The Morgan fingerprint density at radius 2 is 2.05 bits per heavy atom. The van der Waals surface area contributed by atoms with Crippen LogP contribution in [0.2, 0.25) is 0 Å². The van der Waals surface area contributed by atoms with Crippen molar-refractivity contribution in [1.82, 2.24) is 4.98 Å². The van der Waals surface area contributed by atoms with Gasteiger partial charge in [-0.2, -0.15) is 0 Å². The minimum absolute atomic E-state index is 0.00223. The second-order valence-electron chi connectivity index (χ2n) is 5.14. The molecule has 0 bridgehead atoms. The first kappa shape index (κ1) is 14.9. The number of sulfone groups is 1. The number of fused-ring (bicyclic) bond motifs is 1. The van der Waals surface area contributed by atoms with Crippen LogP contribution in [-0.2, 0) is 15.6 Å². The third-order valence-electron chi connectivity index (χ3n) is 3.16. The van der Waals surface area contributed by atoms with Crippen LogP contribution in [0.3, 0.4) is 0 Å². The third-order valence-corrected chi connectivity index (χ3v) is 4.87. The Balaban J connectivity index is 2.14. The van der Waals surface area contributed by atoms with E-state index in [1.807, 2.05) is 37.3 Å². The lowest BCUT2D eigenvalue weighted by atomic mass is 10.2. The second-order valence-corrected chi connectivity index (χ2v) is 7.25. The van der Waals surface area contributed by atoms with Crippen molar-refractivity contribution in [2.75, 3.05) is 5.75 Å². The molecule has 0 fully saturated rings. The first-order valence-corrected chi connectivity index (χ1v) is 8.62. The van der Waals surface area contributed by atoms with Gasteiger partial charge in [-0.05, 0) is 24.1 Å². The summed E-state index contributed by atoms with van der Waals surface area (Å²) in [7, 11) is -3.19. The molecule has 0 aliphatic carbocycles. The van der Waals surface area contributed by atoms with E-state index in [1.54, 1.807) is 6.20 Å². The second kappa shape index (κ2) is 6.33. The molecule has 108 valence electrons. The average Bonchev–Trinajstić information content (AvgIpc) is 2.37. The Bertz CT molecular complexity index is 683. The minimum Gasteiger partial charge on any atom is -0.327 e. The van der Waals surface area contributed by atoms with Crippen LogP contribution >= 0.6 is 0 Å². The van der Waals surface area contributed by atoms with Crippen molar-refractivity contribution in [3.05, 3.63) is 42.1 Å². The van der Waals surface area contributed by atoms with Crippen LogP contribution in [-0.4, -0.2) is 25.2 Å². The van der Waals surface area contributed by atoms with Crippen LogP contribution < -0.4 is 5.73 Å². The summed E-state index contributed by atoms with van der Waals surface area (Å²) >= 11 is 0. The van der Waals surface area contributed by atoms with E-state index in [4.69, 9.17) is 5.73 Å². The maximum atomic E-state index is 12.1. The van der Waals surface area contributed by atoms with Gasteiger partial charge in [0.15, 0.2) is 9.84 Å². The smallest absolute Gasteiger partial charge is 0.156 e. The van der Waals surface area contributed by atoms with Gasteiger partial charge in [0.2, 0.25) is 0 Å². The van der Waals surface area contributed by atoms with Gasteiger partial charge < -0.3 is 5.73 Å². The van der Waals surface area contributed by atoms with Crippen LogP contribution in [0, 0.1) is 0 Å². The summed E-state index contributed by atoms with van der Waals surface area (Å²) in [6, 6.07) is 9.27. The average molecular weight is 292 g/mol. The van der Waals surface area contributed by atoms with E-state index < -0.39 is 9.84 Å². The number of para-hydroxylation sites is 1. The van der Waals surface area contributed by atoms with E-state index in [2.05, 4.69) is 4.98 Å². The van der Waals surface area contributed by atoms with Gasteiger partial charge in [-0.1, -0.05) is 31.5 Å². The standard InChI is InChI=1S/C15H20N2O2S/c1-2-5-14(16)11-20(18,19)10-12-8-13-6-3-4-7-15(13)17-9-12/h3-4,6-9,14H,2,5,10-11,16H2,1H3/t14-/m0/s1. The predicted octanol–water partition coefficient (Wildman–Crippen LogP) is 2.28. The van der Waals surface area contributed by atoms with E-state index in [-0.39, 0.29) is 17.5 Å². The number of rotatable bonds is 6.